The predicted molar refractivity (Wildman–Crippen MR) is 88.3 cm³/mol. The largest absolute Gasteiger partial charge is 0.353 e. The molecule has 0 bridgehead atoms. The van der Waals surface area contributed by atoms with Gasteiger partial charge >= 0.3 is 0 Å². The molecule has 1 aliphatic carbocycles. The number of aromatic nitrogens is 2. The van der Waals surface area contributed by atoms with Gasteiger partial charge in [0.15, 0.2) is 0 Å². The molecule has 0 radical (unpaired) electrons. The molecule has 0 aromatic carbocycles. The second kappa shape index (κ2) is 6.88. The minimum atomic E-state index is 0.561. The molecule has 1 aliphatic rings. The highest BCUT2D eigenvalue weighted by atomic mass is 79.9. The summed E-state index contributed by atoms with van der Waals surface area (Å²) in [6.07, 6.45) is 4.79. The molecule has 0 unspecified atom stereocenters. The smallest absolute Gasteiger partial charge is 0.135 e. The van der Waals surface area contributed by atoms with Crippen LogP contribution in [0.25, 0.3) is 0 Å². The monoisotopic (exact) mass is 339 g/mol. The zero-order chi connectivity index (χ0) is 14.7. The molecular formula is C16H26BrN3. The Labute approximate surface area is 131 Å². The summed E-state index contributed by atoms with van der Waals surface area (Å²) < 4.78 is 0.920. The van der Waals surface area contributed by atoms with Gasteiger partial charge in [-0.25, -0.2) is 9.97 Å². The third kappa shape index (κ3) is 3.94. The summed E-state index contributed by atoms with van der Waals surface area (Å²) in [5.74, 6) is 3.34. The molecule has 1 fully saturated rings. The first kappa shape index (κ1) is 15.7. The van der Waals surface area contributed by atoms with Crippen molar-refractivity contribution >= 4 is 21.7 Å². The molecule has 3 nitrogen and oxygen atoms in total. The van der Waals surface area contributed by atoms with Crippen LogP contribution in [0.3, 0.4) is 0 Å². The standard InChI is InChI=1S/C16H26BrN3/c1-5-13(6-2)20(10-11(3)4)15-9-14(17)18-16(19-15)12-7-8-12/h9,11-13H,5-8,10H2,1-4H3. The van der Waals surface area contributed by atoms with Gasteiger partial charge in [0, 0.05) is 24.6 Å². The zero-order valence-corrected chi connectivity index (χ0v) is 14.7. The van der Waals surface area contributed by atoms with E-state index in [0.29, 0.717) is 17.9 Å². The van der Waals surface area contributed by atoms with Crippen LogP contribution in [0.2, 0.25) is 0 Å². The summed E-state index contributed by atoms with van der Waals surface area (Å²) in [7, 11) is 0. The van der Waals surface area contributed by atoms with E-state index in [1.165, 1.54) is 12.8 Å². The molecule has 0 N–H and O–H groups in total. The lowest BCUT2D eigenvalue weighted by molar-refractivity contribution is 0.502. The maximum Gasteiger partial charge on any atom is 0.135 e. The van der Waals surface area contributed by atoms with Gasteiger partial charge in [0.25, 0.3) is 0 Å². The lowest BCUT2D eigenvalue weighted by Gasteiger charge is -2.33. The third-order valence-electron chi connectivity index (χ3n) is 3.88. The van der Waals surface area contributed by atoms with Gasteiger partial charge in [0.2, 0.25) is 0 Å². The number of rotatable bonds is 7. The van der Waals surface area contributed by atoms with Gasteiger partial charge in [-0.3, -0.25) is 0 Å². The van der Waals surface area contributed by atoms with E-state index in [2.05, 4.69) is 59.6 Å². The fraction of sp³-hybridized carbons (Fsp3) is 0.750. The van der Waals surface area contributed by atoms with E-state index in [9.17, 15) is 0 Å². The molecule has 1 aromatic heterocycles. The molecule has 1 saturated carbocycles. The molecule has 0 saturated heterocycles. The Hall–Kier alpha value is -0.640. The van der Waals surface area contributed by atoms with Gasteiger partial charge in [0.05, 0.1) is 0 Å². The number of anilines is 1. The van der Waals surface area contributed by atoms with Crippen molar-refractivity contribution in [1.82, 2.24) is 9.97 Å². The minimum Gasteiger partial charge on any atom is -0.353 e. The van der Waals surface area contributed by atoms with Gasteiger partial charge in [-0.1, -0.05) is 27.7 Å². The van der Waals surface area contributed by atoms with Crippen LogP contribution >= 0.6 is 15.9 Å². The van der Waals surface area contributed by atoms with Crippen LogP contribution in [0.1, 0.15) is 65.1 Å². The average Bonchev–Trinajstić information content (AvgIpc) is 3.22. The Morgan fingerprint density at radius 3 is 2.40 bits per heavy atom. The quantitative estimate of drug-likeness (QED) is 0.670. The van der Waals surface area contributed by atoms with Gasteiger partial charge in [0.1, 0.15) is 16.2 Å². The number of nitrogens with zero attached hydrogens (tertiary/aromatic N) is 3. The molecule has 0 aliphatic heterocycles. The third-order valence-corrected chi connectivity index (χ3v) is 4.29. The summed E-state index contributed by atoms with van der Waals surface area (Å²) in [6.45, 7) is 10.1. The molecule has 2 rings (SSSR count). The van der Waals surface area contributed by atoms with Crippen LogP contribution in [0.15, 0.2) is 10.7 Å². The van der Waals surface area contributed by atoms with Crippen LogP contribution in [-0.4, -0.2) is 22.6 Å². The fourth-order valence-electron chi connectivity index (χ4n) is 2.65. The predicted octanol–water partition coefficient (Wildman–Crippen LogP) is 4.77. The van der Waals surface area contributed by atoms with Crippen molar-refractivity contribution in [2.24, 2.45) is 5.92 Å². The normalized spacial score (nSPS) is 15.2. The molecule has 112 valence electrons. The number of hydrogen-bond donors (Lipinski definition) is 0. The Kier molecular flexibility index (Phi) is 5.42. The maximum absolute atomic E-state index is 4.85. The molecule has 0 amide bonds. The van der Waals surface area contributed by atoms with Crippen LogP contribution in [0.4, 0.5) is 5.82 Å². The molecule has 1 heterocycles. The minimum absolute atomic E-state index is 0.561. The summed E-state index contributed by atoms with van der Waals surface area (Å²) in [5.41, 5.74) is 0. The fourth-order valence-corrected chi connectivity index (χ4v) is 3.03. The Morgan fingerprint density at radius 1 is 1.25 bits per heavy atom. The SMILES string of the molecule is CCC(CC)N(CC(C)C)c1cc(Br)nc(C2CC2)n1. The summed E-state index contributed by atoms with van der Waals surface area (Å²) in [6, 6.07) is 2.64. The van der Waals surface area contributed by atoms with Crippen LogP contribution in [-0.2, 0) is 0 Å². The van der Waals surface area contributed by atoms with E-state index in [-0.39, 0.29) is 0 Å². The molecule has 0 atom stereocenters. The number of halogens is 1. The van der Waals surface area contributed by atoms with E-state index in [4.69, 9.17) is 4.98 Å². The summed E-state index contributed by atoms with van der Waals surface area (Å²) in [4.78, 5) is 11.9. The van der Waals surface area contributed by atoms with Crippen molar-refractivity contribution in [1.29, 1.82) is 0 Å². The van der Waals surface area contributed by atoms with Gasteiger partial charge in [-0.2, -0.15) is 0 Å². The molecule has 20 heavy (non-hydrogen) atoms. The first-order valence-corrected chi connectivity index (χ1v) is 8.65. The summed E-state index contributed by atoms with van der Waals surface area (Å²) >= 11 is 3.56. The van der Waals surface area contributed by atoms with Gasteiger partial charge in [-0.15, -0.1) is 0 Å². The van der Waals surface area contributed by atoms with E-state index in [1.54, 1.807) is 0 Å². The zero-order valence-electron chi connectivity index (χ0n) is 13.1. The topological polar surface area (TPSA) is 29.0 Å². The second-order valence-corrected chi connectivity index (χ2v) is 7.01. The van der Waals surface area contributed by atoms with E-state index >= 15 is 0 Å². The average molecular weight is 340 g/mol. The van der Waals surface area contributed by atoms with Gasteiger partial charge < -0.3 is 4.90 Å². The second-order valence-electron chi connectivity index (χ2n) is 6.20. The van der Waals surface area contributed by atoms with Crippen LogP contribution in [0.5, 0.6) is 0 Å². The lowest BCUT2D eigenvalue weighted by Crippen LogP contribution is -2.38. The highest BCUT2D eigenvalue weighted by Crippen LogP contribution is 2.39. The highest BCUT2D eigenvalue weighted by Gasteiger charge is 2.28. The molecule has 1 aromatic rings. The maximum atomic E-state index is 4.85. The highest BCUT2D eigenvalue weighted by molar-refractivity contribution is 9.10. The molecular weight excluding hydrogens is 314 g/mol. The molecule has 4 heteroatoms. The van der Waals surface area contributed by atoms with Crippen molar-refractivity contribution in [2.45, 2.75) is 65.3 Å². The first-order valence-electron chi connectivity index (χ1n) is 7.86. The first-order chi connectivity index (χ1) is 9.55. The van der Waals surface area contributed by atoms with Crippen LogP contribution in [0, 0.1) is 5.92 Å². The molecule has 0 spiro atoms. The summed E-state index contributed by atoms with van der Waals surface area (Å²) in [5, 5.41) is 0. The van der Waals surface area contributed by atoms with Crippen LogP contribution < -0.4 is 4.90 Å². The van der Waals surface area contributed by atoms with Crippen molar-refractivity contribution < 1.29 is 0 Å². The Bertz CT molecular complexity index is 439. The van der Waals surface area contributed by atoms with Crippen molar-refractivity contribution in [3.8, 4) is 0 Å². The number of hydrogen-bond acceptors (Lipinski definition) is 3. The lowest BCUT2D eigenvalue weighted by atomic mass is 10.1. The Balaban J connectivity index is 2.31. The van der Waals surface area contributed by atoms with E-state index < -0.39 is 0 Å². The van der Waals surface area contributed by atoms with Gasteiger partial charge in [-0.05, 0) is 47.5 Å². The Morgan fingerprint density at radius 2 is 1.90 bits per heavy atom. The van der Waals surface area contributed by atoms with Crippen molar-refractivity contribution in [2.75, 3.05) is 11.4 Å². The van der Waals surface area contributed by atoms with E-state index in [0.717, 1.165) is 35.6 Å². The van der Waals surface area contributed by atoms with Crippen molar-refractivity contribution in [3.05, 3.63) is 16.5 Å². The van der Waals surface area contributed by atoms with Crippen molar-refractivity contribution in [3.63, 3.8) is 0 Å². The van der Waals surface area contributed by atoms with E-state index in [1.807, 2.05) is 0 Å².